The molecule has 122 valence electrons. The van der Waals surface area contributed by atoms with Gasteiger partial charge in [-0.3, -0.25) is 0 Å². The summed E-state index contributed by atoms with van der Waals surface area (Å²) in [5.41, 5.74) is -4.71. The summed E-state index contributed by atoms with van der Waals surface area (Å²) >= 11 is 1.97. The smallest absolute Gasteiger partial charge is 0.379 e. The number of hydrogen-bond acceptors (Lipinski definition) is 2. The van der Waals surface area contributed by atoms with E-state index in [0.717, 1.165) is 0 Å². The summed E-state index contributed by atoms with van der Waals surface area (Å²) in [5, 5.41) is 0. The molecule has 0 rings (SSSR count). The van der Waals surface area contributed by atoms with E-state index in [4.69, 9.17) is 4.74 Å². The van der Waals surface area contributed by atoms with Crippen LogP contribution in [0.2, 0.25) is 0 Å². The first kappa shape index (κ1) is 22.0. The quantitative estimate of drug-likeness (QED) is 0.418. The Balaban J connectivity index is 0. The number of aldehydes is 1. The summed E-state index contributed by atoms with van der Waals surface area (Å²) in [5.74, 6) is -4.85. The summed E-state index contributed by atoms with van der Waals surface area (Å²) in [6.45, 7) is 5.75. The van der Waals surface area contributed by atoms with E-state index in [1.54, 1.807) is 7.11 Å². The summed E-state index contributed by atoms with van der Waals surface area (Å²) in [7, 11) is 1.71. The summed E-state index contributed by atoms with van der Waals surface area (Å²) < 4.78 is 78.6. The molecular weight excluding hydrogens is 358 g/mol. The lowest BCUT2D eigenvalue weighted by Crippen LogP contribution is -2.57. The molecule has 0 fully saturated rings. The van der Waals surface area contributed by atoms with Crippen molar-refractivity contribution in [1.82, 2.24) is 0 Å². The minimum absolute atomic E-state index is 0.0417. The number of methoxy groups -OCH3 is 1. The van der Waals surface area contributed by atoms with E-state index in [0.29, 0.717) is 0 Å². The van der Waals surface area contributed by atoms with E-state index >= 15 is 0 Å². The number of alkyl halides is 7. The fraction of sp³-hybridized carbons (Fsp3) is 0.909. The fourth-order valence-electron chi connectivity index (χ4n) is 0.533. The van der Waals surface area contributed by atoms with Crippen LogP contribution in [0.3, 0.4) is 0 Å². The fourth-order valence-corrected chi connectivity index (χ4v) is 0.963. The average molecular weight is 375 g/mol. The summed E-state index contributed by atoms with van der Waals surface area (Å²) in [6.07, 6.45) is -6.24. The zero-order valence-corrected chi connectivity index (χ0v) is 13.2. The molecule has 0 aliphatic heterocycles. The number of halogens is 7. The maximum absolute atomic E-state index is 12.7. The molecule has 0 saturated carbocycles. The Bertz CT molecular complexity index is 309. The van der Waals surface area contributed by atoms with E-state index in [1.165, 1.54) is 0 Å². The molecular formula is C11H17BrF6O2. The van der Waals surface area contributed by atoms with Crippen LogP contribution >= 0.6 is 15.9 Å². The van der Waals surface area contributed by atoms with Crippen LogP contribution in [0.15, 0.2) is 0 Å². The SMILES string of the molecule is CC(F)(C(F)(F)F)C(F)(F)C(Br)C=O.COC(C)(C)C. The third-order valence-corrected chi connectivity index (χ3v) is 3.03. The standard InChI is InChI=1S/C6H5BrF6O.C5H12O/c1-4(8,6(11,12)13)5(9,10)3(7)2-14;1-5(2,3)6-4/h2-3H,1H3;1-4H3. The number of carbonyl (C=O) groups excluding carboxylic acids is 1. The van der Waals surface area contributed by atoms with Gasteiger partial charge in [0, 0.05) is 7.11 Å². The van der Waals surface area contributed by atoms with Crippen LogP contribution < -0.4 is 0 Å². The molecule has 20 heavy (non-hydrogen) atoms. The highest BCUT2D eigenvalue weighted by molar-refractivity contribution is 9.10. The minimum atomic E-state index is -5.74. The van der Waals surface area contributed by atoms with Crippen LogP contribution in [-0.4, -0.2) is 41.6 Å². The second-order valence-electron chi connectivity index (χ2n) is 4.98. The molecule has 2 unspecified atom stereocenters. The van der Waals surface area contributed by atoms with E-state index in [9.17, 15) is 31.1 Å². The average Bonchev–Trinajstić information content (AvgIpc) is 2.25. The molecule has 0 aromatic heterocycles. The highest BCUT2D eigenvalue weighted by atomic mass is 79.9. The second-order valence-corrected chi connectivity index (χ2v) is 5.96. The normalized spacial score (nSPS) is 17.6. The van der Waals surface area contributed by atoms with Gasteiger partial charge in [0.15, 0.2) is 0 Å². The number of hydrogen-bond donors (Lipinski definition) is 0. The third-order valence-electron chi connectivity index (χ3n) is 2.24. The maximum atomic E-state index is 12.7. The van der Waals surface area contributed by atoms with Crippen molar-refractivity contribution >= 4 is 22.2 Å². The van der Waals surface area contributed by atoms with Crippen LogP contribution in [0.5, 0.6) is 0 Å². The molecule has 0 aliphatic carbocycles. The Morgan fingerprint density at radius 1 is 1.00 bits per heavy atom. The molecule has 0 radical (unpaired) electrons. The van der Waals surface area contributed by atoms with Crippen molar-refractivity contribution in [3.63, 3.8) is 0 Å². The first-order chi connectivity index (χ1) is 8.54. The van der Waals surface area contributed by atoms with Crippen LogP contribution in [0, 0.1) is 0 Å². The van der Waals surface area contributed by atoms with Crippen molar-refractivity contribution in [3.05, 3.63) is 0 Å². The molecule has 0 aliphatic rings. The van der Waals surface area contributed by atoms with Gasteiger partial charge in [0.05, 0.1) is 5.60 Å². The highest BCUT2D eigenvalue weighted by Crippen LogP contribution is 2.47. The lowest BCUT2D eigenvalue weighted by Gasteiger charge is -2.32. The van der Waals surface area contributed by atoms with E-state index < -0.39 is 28.9 Å². The molecule has 0 saturated heterocycles. The minimum Gasteiger partial charge on any atom is -0.379 e. The number of carbonyl (C=O) groups is 1. The van der Waals surface area contributed by atoms with Gasteiger partial charge in [0.1, 0.15) is 11.1 Å². The van der Waals surface area contributed by atoms with Gasteiger partial charge >= 0.3 is 12.1 Å². The molecule has 0 aromatic carbocycles. The second kappa shape index (κ2) is 7.11. The molecule has 0 amide bonds. The van der Waals surface area contributed by atoms with Gasteiger partial charge in [-0.1, -0.05) is 15.9 Å². The largest absolute Gasteiger partial charge is 0.428 e. The van der Waals surface area contributed by atoms with Gasteiger partial charge < -0.3 is 9.53 Å². The van der Waals surface area contributed by atoms with Gasteiger partial charge in [-0.2, -0.15) is 13.2 Å². The van der Waals surface area contributed by atoms with Crippen molar-refractivity contribution in [1.29, 1.82) is 0 Å². The van der Waals surface area contributed by atoms with E-state index in [2.05, 4.69) is 0 Å². The van der Waals surface area contributed by atoms with Crippen molar-refractivity contribution in [2.75, 3.05) is 7.11 Å². The van der Waals surface area contributed by atoms with Gasteiger partial charge in [-0.25, -0.2) is 13.2 Å². The lowest BCUT2D eigenvalue weighted by molar-refractivity contribution is -0.291. The highest BCUT2D eigenvalue weighted by Gasteiger charge is 2.70. The number of rotatable bonds is 3. The molecule has 9 heteroatoms. The van der Waals surface area contributed by atoms with Crippen molar-refractivity contribution in [2.24, 2.45) is 0 Å². The topological polar surface area (TPSA) is 26.3 Å². The molecule has 2 atom stereocenters. The molecule has 0 spiro atoms. The Labute approximate surface area is 122 Å². The maximum Gasteiger partial charge on any atom is 0.428 e. The Morgan fingerprint density at radius 3 is 1.45 bits per heavy atom. The molecule has 0 aromatic rings. The Kier molecular flexibility index (Phi) is 7.81. The van der Waals surface area contributed by atoms with Gasteiger partial charge in [0.2, 0.25) is 0 Å². The van der Waals surface area contributed by atoms with Crippen molar-refractivity contribution in [2.45, 2.75) is 55.9 Å². The van der Waals surface area contributed by atoms with Gasteiger partial charge in [0.25, 0.3) is 5.67 Å². The molecule has 0 heterocycles. The van der Waals surface area contributed by atoms with Crippen LogP contribution in [-0.2, 0) is 9.53 Å². The zero-order valence-electron chi connectivity index (χ0n) is 11.6. The predicted octanol–water partition coefficient (Wildman–Crippen LogP) is 4.31. The first-order valence-corrected chi connectivity index (χ1v) is 6.24. The van der Waals surface area contributed by atoms with Crippen LogP contribution in [0.4, 0.5) is 26.3 Å². The van der Waals surface area contributed by atoms with Crippen molar-refractivity contribution in [3.8, 4) is 0 Å². The monoisotopic (exact) mass is 374 g/mol. The van der Waals surface area contributed by atoms with Crippen LogP contribution in [0.1, 0.15) is 27.7 Å². The lowest BCUT2D eigenvalue weighted by atomic mass is 9.97. The van der Waals surface area contributed by atoms with E-state index in [-0.39, 0.29) is 12.5 Å². The van der Waals surface area contributed by atoms with Crippen molar-refractivity contribution < 1.29 is 35.9 Å². The number of ether oxygens (including phenoxy) is 1. The van der Waals surface area contributed by atoms with Crippen LogP contribution in [0.25, 0.3) is 0 Å². The summed E-state index contributed by atoms with van der Waals surface area (Å²) in [6, 6.07) is 0. The van der Waals surface area contributed by atoms with Gasteiger partial charge in [-0.05, 0) is 27.7 Å². The third kappa shape index (κ3) is 5.99. The first-order valence-electron chi connectivity index (χ1n) is 5.32. The molecule has 0 N–H and O–H groups in total. The Morgan fingerprint density at radius 2 is 1.30 bits per heavy atom. The Hall–Kier alpha value is -0.310. The predicted molar refractivity (Wildman–Crippen MR) is 66.1 cm³/mol. The molecule has 0 bridgehead atoms. The molecule has 2 nitrogen and oxygen atoms in total. The zero-order chi connectivity index (χ0) is 17.0. The van der Waals surface area contributed by atoms with Gasteiger partial charge in [-0.15, -0.1) is 0 Å². The summed E-state index contributed by atoms with van der Waals surface area (Å²) in [4.78, 5) is 7.34. The van der Waals surface area contributed by atoms with E-state index in [1.807, 2.05) is 36.7 Å².